The Labute approximate surface area is 156 Å². The number of piperazine rings is 1. The van der Waals surface area contributed by atoms with Crippen LogP contribution in [0, 0.1) is 6.92 Å². The number of rotatable bonds is 4. The van der Waals surface area contributed by atoms with E-state index in [2.05, 4.69) is 29.2 Å². The highest BCUT2D eigenvalue weighted by molar-refractivity contribution is 7.88. The Kier molecular flexibility index (Phi) is 4.86. The van der Waals surface area contributed by atoms with Gasteiger partial charge in [0.1, 0.15) is 0 Å². The van der Waals surface area contributed by atoms with Gasteiger partial charge in [-0.05, 0) is 36.5 Å². The Morgan fingerprint density at radius 3 is 2.38 bits per heavy atom. The summed E-state index contributed by atoms with van der Waals surface area (Å²) in [5.41, 5.74) is 4.90. The highest BCUT2D eigenvalue weighted by atomic mass is 32.2. The van der Waals surface area contributed by atoms with Gasteiger partial charge in [0, 0.05) is 32.2 Å². The van der Waals surface area contributed by atoms with Gasteiger partial charge >= 0.3 is 0 Å². The van der Waals surface area contributed by atoms with Gasteiger partial charge in [-0.2, -0.15) is 4.31 Å². The summed E-state index contributed by atoms with van der Waals surface area (Å²) < 4.78 is 27.2. The third-order valence-corrected chi connectivity index (χ3v) is 7.53. The molecule has 1 aliphatic heterocycles. The molecule has 1 saturated heterocycles. The van der Waals surface area contributed by atoms with Crippen LogP contribution in [0.4, 0.5) is 0 Å². The molecular formula is C21H26N2O2S. The molecule has 4 rings (SSSR count). The summed E-state index contributed by atoms with van der Waals surface area (Å²) in [6, 6.07) is 16.9. The van der Waals surface area contributed by atoms with Crippen molar-refractivity contribution in [3.8, 4) is 0 Å². The Morgan fingerprint density at radius 1 is 0.962 bits per heavy atom. The third kappa shape index (κ3) is 3.56. The van der Waals surface area contributed by atoms with Gasteiger partial charge in [0.2, 0.25) is 10.0 Å². The van der Waals surface area contributed by atoms with Gasteiger partial charge in [0.15, 0.2) is 0 Å². The van der Waals surface area contributed by atoms with Crippen molar-refractivity contribution in [3.63, 3.8) is 0 Å². The predicted octanol–water partition coefficient (Wildman–Crippen LogP) is 3.13. The fourth-order valence-corrected chi connectivity index (χ4v) is 5.71. The Hall–Kier alpha value is -1.69. The average molecular weight is 371 g/mol. The first-order chi connectivity index (χ1) is 12.5. The molecule has 0 saturated carbocycles. The highest BCUT2D eigenvalue weighted by Gasteiger charge is 2.33. The molecule has 1 heterocycles. The minimum Gasteiger partial charge on any atom is -0.294 e. The molecule has 138 valence electrons. The van der Waals surface area contributed by atoms with Crippen LogP contribution in [0.25, 0.3) is 0 Å². The largest absolute Gasteiger partial charge is 0.294 e. The zero-order valence-corrected chi connectivity index (χ0v) is 16.1. The minimum atomic E-state index is -3.25. The fourth-order valence-electron chi connectivity index (χ4n) is 4.19. The van der Waals surface area contributed by atoms with Gasteiger partial charge in [-0.25, -0.2) is 8.42 Å². The molecule has 5 heteroatoms. The SMILES string of the molecule is Cc1ccc(CS(=O)(=O)N2CCN(C3CCc4ccccc43)CC2)cc1. The maximum Gasteiger partial charge on any atom is 0.218 e. The van der Waals surface area contributed by atoms with E-state index in [9.17, 15) is 8.42 Å². The smallest absolute Gasteiger partial charge is 0.218 e. The molecule has 0 spiro atoms. The molecule has 1 atom stereocenters. The normalized spacial score (nSPS) is 21.7. The molecule has 0 amide bonds. The first kappa shape index (κ1) is 17.7. The maximum absolute atomic E-state index is 12.8. The molecule has 26 heavy (non-hydrogen) atoms. The Bertz CT molecular complexity index is 869. The molecule has 0 bridgehead atoms. The third-order valence-electron chi connectivity index (χ3n) is 5.68. The summed E-state index contributed by atoms with van der Waals surface area (Å²) in [6.07, 6.45) is 2.28. The van der Waals surface area contributed by atoms with Crippen LogP contribution in [-0.4, -0.2) is 43.8 Å². The van der Waals surface area contributed by atoms with E-state index in [0.29, 0.717) is 19.1 Å². The number of hydrogen-bond acceptors (Lipinski definition) is 3. The van der Waals surface area contributed by atoms with Crippen LogP contribution in [0.15, 0.2) is 48.5 Å². The van der Waals surface area contributed by atoms with E-state index in [1.165, 1.54) is 11.1 Å². The zero-order chi connectivity index (χ0) is 18.1. The number of fused-ring (bicyclic) bond motifs is 1. The van der Waals surface area contributed by atoms with Crippen LogP contribution in [-0.2, 0) is 22.2 Å². The van der Waals surface area contributed by atoms with Crippen LogP contribution in [0.1, 0.15) is 34.7 Å². The molecule has 2 aliphatic rings. The molecule has 0 radical (unpaired) electrons. The summed E-state index contributed by atoms with van der Waals surface area (Å²) >= 11 is 0. The van der Waals surface area contributed by atoms with Crippen molar-refractivity contribution in [2.45, 2.75) is 31.6 Å². The van der Waals surface area contributed by atoms with Crippen LogP contribution < -0.4 is 0 Å². The van der Waals surface area contributed by atoms with Gasteiger partial charge < -0.3 is 0 Å². The summed E-state index contributed by atoms with van der Waals surface area (Å²) in [5.74, 6) is 0.0968. The summed E-state index contributed by atoms with van der Waals surface area (Å²) in [6.45, 7) is 4.82. The van der Waals surface area contributed by atoms with Crippen LogP contribution in [0.2, 0.25) is 0 Å². The van der Waals surface area contributed by atoms with Crippen molar-refractivity contribution in [2.24, 2.45) is 0 Å². The van der Waals surface area contributed by atoms with E-state index in [4.69, 9.17) is 0 Å². The van der Waals surface area contributed by atoms with Gasteiger partial charge in [0.25, 0.3) is 0 Å². The lowest BCUT2D eigenvalue weighted by atomic mass is 10.1. The van der Waals surface area contributed by atoms with E-state index in [1.54, 1.807) is 4.31 Å². The average Bonchev–Trinajstić information content (AvgIpc) is 3.08. The highest BCUT2D eigenvalue weighted by Crippen LogP contribution is 2.36. The van der Waals surface area contributed by atoms with Crippen molar-refractivity contribution >= 4 is 10.0 Å². The summed E-state index contributed by atoms with van der Waals surface area (Å²) in [4.78, 5) is 2.46. The number of nitrogens with zero attached hydrogens (tertiary/aromatic N) is 2. The maximum atomic E-state index is 12.8. The first-order valence-electron chi connectivity index (χ1n) is 9.38. The van der Waals surface area contributed by atoms with E-state index in [0.717, 1.165) is 37.1 Å². The van der Waals surface area contributed by atoms with Gasteiger partial charge in [-0.1, -0.05) is 54.1 Å². The van der Waals surface area contributed by atoms with Crippen LogP contribution in [0.3, 0.4) is 0 Å². The second-order valence-corrected chi connectivity index (χ2v) is 9.40. The lowest BCUT2D eigenvalue weighted by molar-refractivity contribution is 0.136. The Morgan fingerprint density at radius 2 is 1.65 bits per heavy atom. The van der Waals surface area contributed by atoms with E-state index >= 15 is 0 Å². The zero-order valence-electron chi connectivity index (χ0n) is 15.3. The second-order valence-electron chi connectivity index (χ2n) is 7.43. The van der Waals surface area contributed by atoms with Gasteiger partial charge in [0.05, 0.1) is 5.75 Å². The topological polar surface area (TPSA) is 40.6 Å². The van der Waals surface area contributed by atoms with Crippen molar-refractivity contribution in [1.29, 1.82) is 0 Å². The lowest BCUT2D eigenvalue weighted by Gasteiger charge is -2.37. The molecule has 0 N–H and O–H groups in total. The fraction of sp³-hybridized carbons (Fsp3) is 0.429. The van der Waals surface area contributed by atoms with E-state index in [-0.39, 0.29) is 5.75 Å². The van der Waals surface area contributed by atoms with Crippen molar-refractivity contribution < 1.29 is 8.42 Å². The molecular weight excluding hydrogens is 344 g/mol. The first-order valence-corrected chi connectivity index (χ1v) is 11.0. The quantitative estimate of drug-likeness (QED) is 0.830. The van der Waals surface area contributed by atoms with Crippen molar-refractivity contribution in [1.82, 2.24) is 9.21 Å². The van der Waals surface area contributed by atoms with Crippen molar-refractivity contribution in [3.05, 3.63) is 70.8 Å². The monoisotopic (exact) mass is 370 g/mol. The van der Waals surface area contributed by atoms with E-state index < -0.39 is 10.0 Å². The molecule has 2 aromatic rings. The lowest BCUT2D eigenvalue weighted by Crippen LogP contribution is -2.49. The standard InChI is InChI=1S/C21H26N2O2S/c1-17-6-8-18(9-7-17)16-26(24,25)23-14-12-22(13-15-23)21-11-10-19-4-2-3-5-20(19)21/h2-9,21H,10-16H2,1H3. The molecule has 2 aromatic carbocycles. The number of aryl methyl sites for hydroxylation is 2. The van der Waals surface area contributed by atoms with Gasteiger partial charge in [-0.15, -0.1) is 0 Å². The van der Waals surface area contributed by atoms with E-state index in [1.807, 2.05) is 31.2 Å². The number of sulfonamides is 1. The second kappa shape index (κ2) is 7.14. The number of hydrogen-bond donors (Lipinski definition) is 0. The van der Waals surface area contributed by atoms with Crippen LogP contribution >= 0.6 is 0 Å². The molecule has 1 unspecified atom stereocenters. The molecule has 1 fully saturated rings. The molecule has 0 aromatic heterocycles. The van der Waals surface area contributed by atoms with Crippen molar-refractivity contribution in [2.75, 3.05) is 26.2 Å². The van der Waals surface area contributed by atoms with Crippen LogP contribution in [0.5, 0.6) is 0 Å². The van der Waals surface area contributed by atoms with Gasteiger partial charge in [-0.3, -0.25) is 4.90 Å². The molecule has 4 nitrogen and oxygen atoms in total. The molecule has 1 aliphatic carbocycles. The minimum absolute atomic E-state index is 0.0968. The number of benzene rings is 2. The predicted molar refractivity (Wildman–Crippen MR) is 104 cm³/mol. The summed E-state index contributed by atoms with van der Waals surface area (Å²) in [5, 5.41) is 0. The summed E-state index contributed by atoms with van der Waals surface area (Å²) in [7, 11) is -3.25. The Balaban J connectivity index is 1.39.